The number of hydrogen-bond acceptors (Lipinski definition) is 4. The zero-order chi connectivity index (χ0) is 21.2. The molecule has 5 rings (SSSR count). The van der Waals surface area contributed by atoms with Crippen molar-refractivity contribution in [3.05, 3.63) is 76.4 Å². The van der Waals surface area contributed by atoms with Crippen LogP contribution in [0, 0.1) is 5.92 Å². The van der Waals surface area contributed by atoms with E-state index in [-0.39, 0.29) is 5.56 Å². The first kappa shape index (κ1) is 20.2. The van der Waals surface area contributed by atoms with Gasteiger partial charge < -0.3 is 4.90 Å². The first-order valence-electron chi connectivity index (χ1n) is 11.1. The zero-order valence-electron chi connectivity index (χ0n) is 17.8. The minimum atomic E-state index is 0.0761. The van der Waals surface area contributed by atoms with Crippen molar-refractivity contribution in [3.8, 4) is 22.5 Å². The van der Waals surface area contributed by atoms with Gasteiger partial charge >= 0.3 is 0 Å². The van der Waals surface area contributed by atoms with Crippen molar-refractivity contribution in [2.45, 2.75) is 26.3 Å². The van der Waals surface area contributed by atoms with Gasteiger partial charge in [-0.1, -0.05) is 61.5 Å². The van der Waals surface area contributed by atoms with Gasteiger partial charge in [-0.25, -0.2) is 4.98 Å². The number of aromatic nitrogens is 2. The number of nitrogens with zero attached hydrogens (tertiary/aromatic N) is 3. The Bertz CT molecular complexity index is 1230. The van der Waals surface area contributed by atoms with E-state index in [0.29, 0.717) is 6.54 Å². The molecule has 0 saturated carbocycles. The zero-order valence-corrected chi connectivity index (χ0v) is 18.6. The first-order valence-corrected chi connectivity index (χ1v) is 11.9. The molecule has 4 aromatic rings. The summed E-state index contributed by atoms with van der Waals surface area (Å²) in [5, 5.41) is 1.96. The van der Waals surface area contributed by atoms with Crippen LogP contribution >= 0.6 is 11.3 Å². The summed E-state index contributed by atoms with van der Waals surface area (Å²) in [7, 11) is 0. The van der Waals surface area contributed by atoms with Crippen LogP contribution in [-0.2, 0) is 6.54 Å². The molecular weight excluding hydrogens is 402 g/mol. The summed E-state index contributed by atoms with van der Waals surface area (Å²) in [6.45, 7) is 6.11. The third kappa shape index (κ3) is 4.21. The van der Waals surface area contributed by atoms with Crippen LogP contribution in [0.15, 0.2) is 70.8 Å². The Morgan fingerprint density at radius 1 is 0.968 bits per heavy atom. The second kappa shape index (κ2) is 8.77. The molecule has 2 aromatic carbocycles. The Hall–Kier alpha value is -2.76. The number of benzene rings is 2. The van der Waals surface area contributed by atoms with E-state index in [2.05, 4.69) is 60.4 Å². The summed E-state index contributed by atoms with van der Waals surface area (Å²) in [6, 6.07) is 20.7. The van der Waals surface area contributed by atoms with Crippen molar-refractivity contribution >= 4 is 21.6 Å². The molecule has 1 atom stereocenters. The van der Waals surface area contributed by atoms with E-state index < -0.39 is 0 Å². The topological polar surface area (TPSA) is 38.1 Å². The molecule has 3 heterocycles. The van der Waals surface area contributed by atoms with Gasteiger partial charge in [-0.3, -0.25) is 9.36 Å². The van der Waals surface area contributed by atoms with Crippen molar-refractivity contribution in [3.63, 3.8) is 0 Å². The molecule has 1 saturated heterocycles. The average molecular weight is 430 g/mol. The van der Waals surface area contributed by atoms with Gasteiger partial charge in [0.15, 0.2) is 0 Å². The van der Waals surface area contributed by atoms with Crippen LogP contribution in [0.5, 0.6) is 0 Å². The van der Waals surface area contributed by atoms with Crippen molar-refractivity contribution in [1.29, 1.82) is 0 Å². The molecule has 1 fully saturated rings. The fraction of sp³-hybridized carbons (Fsp3) is 0.308. The second-order valence-electron chi connectivity index (χ2n) is 8.52. The van der Waals surface area contributed by atoms with E-state index in [0.717, 1.165) is 52.7 Å². The normalized spacial score (nSPS) is 17.3. The van der Waals surface area contributed by atoms with Crippen molar-refractivity contribution in [1.82, 2.24) is 14.5 Å². The molecule has 2 aromatic heterocycles. The van der Waals surface area contributed by atoms with Gasteiger partial charge in [-0.2, -0.15) is 0 Å². The molecule has 1 aliphatic rings. The lowest BCUT2D eigenvalue weighted by Crippen LogP contribution is -2.38. The van der Waals surface area contributed by atoms with E-state index in [9.17, 15) is 4.79 Å². The molecule has 5 heteroatoms. The van der Waals surface area contributed by atoms with Gasteiger partial charge in [-0.15, -0.1) is 11.3 Å². The molecule has 1 aliphatic heterocycles. The Kier molecular flexibility index (Phi) is 5.70. The summed E-state index contributed by atoms with van der Waals surface area (Å²) in [6.07, 6.45) is 2.55. The summed E-state index contributed by atoms with van der Waals surface area (Å²) >= 11 is 1.48. The fourth-order valence-corrected chi connectivity index (χ4v) is 5.32. The van der Waals surface area contributed by atoms with Crippen LogP contribution in [0.1, 0.15) is 19.8 Å². The molecule has 0 spiro atoms. The fourth-order valence-electron chi connectivity index (χ4n) is 4.55. The summed E-state index contributed by atoms with van der Waals surface area (Å²) in [5.41, 5.74) is 4.20. The lowest BCUT2D eigenvalue weighted by molar-refractivity contribution is 0.178. The highest BCUT2D eigenvalue weighted by molar-refractivity contribution is 7.17. The second-order valence-corrected chi connectivity index (χ2v) is 9.43. The standard InChI is InChI=1S/C26H27N3OS/c1-19-6-5-14-28(18-19)15-16-29-25(27-23-13-17-31-24(23)26(29)30)22-11-9-21(10-12-22)20-7-3-2-4-8-20/h2-4,7-13,17,19H,5-6,14-16,18H2,1H3. The van der Waals surface area contributed by atoms with Crippen molar-refractivity contribution in [2.24, 2.45) is 5.92 Å². The van der Waals surface area contributed by atoms with E-state index in [1.54, 1.807) is 0 Å². The molecule has 0 bridgehead atoms. The third-order valence-corrected chi connectivity index (χ3v) is 7.09. The van der Waals surface area contributed by atoms with Gasteiger partial charge in [-0.05, 0) is 47.9 Å². The highest BCUT2D eigenvalue weighted by atomic mass is 32.1. The Labute approximate surface area is 186 Å². The maximum atomic E-state index is 13.3. The van der Waals surface area contributed by atoms with Gasteiger partial charge in [0.25, 0.3) is 5.56 Å². The maximum Gasteiger partial charge on any atom is 0.271 e. The predicted octanol–water partition coefficient (Wildman–Crippen LogP) is 5.52. The van der Waals surface area contributed by atoms with Crippen LogP contribution in [0.3, 0.4) is 0 Å². The molecule has 1 unspecified atom stereocenters. The maximum absolute atomic E-state index is 13.3. The molecule has 0 aliphatic carbocycles. The predicted molar refractivity (Wildman–Crippen MR) is 130 cm³/mol. The third-order valence-electron chi connectivity index (χ3n) is 6.20. The number of likely N-dealkylation sites (tertiary alicyclic amines) is 1. The molecule has 4 nitrogen and oxygen atoms in total. The van der Waals surface area contributed by atoms with Crippen molar-refractivity contribution < 1.29 is 0 Å². The van der Waals surface area contributed by atoms with Crippen LogP contribution in [0.25, 0.3) is 32.7 Å². The van der Waals surface area contributed by atoms with E-state index in [1.165, 1.54) is 29.7 Å². The van der Waals surface area contributed by atoms with Crippen LogP contribution in [0.4, 0.5) is 0 Å². The highest BCUT2D eigenvalue weighted by Crippen LogP contribution is 2.26. The Balaban J connectivity index is 1.50. The lowest BCUT2D eigenvalue weighted by Gasteiger charge is -2.31. The number of thiophene rings is 1. The van der Waals surface area contributed by atoms with Gasteiger partial charge in [0, 0.05) is 25.2 Å². The summed E-state index contributed by atoms with van der Waals surface area (Å²) in [5.74, 6) is 1.49. The van der Waals surface area contributed by atoms with Crippen LogP contribution in [0.2, 0.25) is 0 Å². The summed E-state index contributed by atoms with van der Waals surface area (Å²) < 4.78 is 2.63. The highest BCUT2D eigenvalue weighted by Gasteiger charge is 2.18. The average Bonchev–Trinajstić information content (AvgIpc) is 3.28. The number of piperidine rings is 1. The van der Waals surface area contributed by atoms with Crippen LogP contribution < -0.4 is 5.56 Å². The van der Waals surface area contributed by atoms with E-state index in [4.69, 9.17) is 4.98 Å². The quantitative estimate of drug-likeness (QED) is 0.419. The first-order chi connectivity index (χ1) is 15.2. The number of fused-ring (bicyclic) bond motifs is 1. The Morgan fingerprint density at radius 3 is 2.48 bits per heavy atom. The lowest BCUT2D eigenvalue weighted by atomic mass is 10.0. The molecule has 158 valence electrons. The molecule has 0 amide bonds. The summed E-state index contributed by atoms with van der Waals surface area (Å²) in [4.78, 5) is 20.7. The van der Waals surface area contributed by atoms with E-state index in [1.807, 2.05) is 22.1 Å². The van der Waals surface area contributed by atoms with E-state index >= 15 is 0 Å². The monoisotopic (exact) mass is 429 g/mol. The molecule has 0 radical (unpaired) electrons. The molecule has 0 N–H and O–H groups in total. The smallest absolute Gasteiger partial charge is 0.271 e. The molecule has 31 heavy (non-hydrogen) atoms. The Morgan fingerprint density at radius 2 is 1.71 bits per heavy atom. The largest absolute Gasteiger partial charge is 0.301 e. The van der Waals surface area contributed by atoms with Crippen LogP contribution in [-0.4, -0.2) is 34.1 Å². The van der Waals surface area contributed by atoms with Gasteiger partial charge in [0.2, 0.25) is 0 Å². The van der Waals surface area contributed by atoms with Crippen molar-refractivity contribution in [2.75, 3.05) is 19.6 Å². The number of rotatable bonds is 5. The minimum Gasteiger partial charge on any atom is -0.301 e. The number of hydrogen-bond donors (Lipinski definition) is 0. The van der Waals surface area contributed by atoms with Gasteiger partial charge in [0.1, 0.15) is 10.5 Å². The molecular formula is C26H27N3OS. The minimum absolute atomic E-state index is 0.0761. The SMILES string of the molecule is CC1CCCN(CCn2c(-c3ccc(-c4ccccc4)cc3)nc3ccsc3c2=O)C1. The van der Waals surface area contributed by atoms with Gasteiger partial charge in [0.05, 0.1) is 5.52 Å².